The summed E-state index contributed by atoms with van der Waals surface area (Å²) >= 11 is 0. The Bertz CT molecular complexity index is 841. The van der Waals surface area contributed by atoms with E-state index in [9.17, 15) is 4.79 Å². The fourth-order valence-corrected chi connectivity index (χ4v) is 2.46. The summed E-state index contributed by atoms with van der Waals surface area (Å²) in [5.41, 5.74) is 3.34. The van der Waals surface area contributed by atoms with Crippen LogP contribution in [0.25, 0.3) is 0 Å². The van der Waals surface area contributed by atoms with Crippen molar-refractivity contribution in [2.24, 2.45) is 4.99 Å². The molecule has 0 atom stereocenters. The molecule has 148 valence electrons. The number of carbonyl (C=O) groups is 1. The molecule has 0 radical (unpaired) electrons. The molecular weight excluding hydrogens is 465 g/mol. The van der Waals surface area contributed by atoms with Crippen LogP contribution < -0.4 is 10.6 Å². The molecule has 0 aliphatic rings. The number of amides is 1. The standard InChI is InChI=1S/C21H25N5O.HI/c1-4-23-21(25-15-18-7-5-6-17(12-18)13-22)24-14-16-8-10-19(11-9-16)20(27)26(2)3;/h5-12H,4,14-15H2,1-3H3,(H2,23,24,25);1H. The van der Waals surface area contributed by atoms with Gasteiger partial charge in [0.2, 0.25) is 0 Å². The second-order valence-corrected chi connectivity index (χ2v) is 6.26. The number of hydrogen-bond acceptors (Lipinski definition) is 3. The minimum atomic E-state index is -0.0102. The monoisotopic (exact) mass is 491 g/mol. The van der Waals surface area contributed by atoms with E-state index in [1.54, 1.807) is 25.1 Å². The summed E-state index contributed by atoms with van der Waals surface area (Å²) in [7, 11) is 3.48. The van der Waals surface area contributed by atoms with Gasteiger partial charge < -0.3 is 15.5 Å². The van der Waals surface area contributed by atoms with Crippen molar-refractivity contribution < 1.29 is 4.79 Å². The molecule has 6 nitrogen and oxygen atoms in total. The van der Waals surface area contributed by atoms with E-state index in [1.165, 1.54) is 0 Å². The van der Waals surface area contributed by atoms with Gasteiger partial charge in [0.15, 0.2) is 5.96 Å². The molecule has 0 spiro atoms. The third-order valence-corrected chi connectivity index (χ3v) is 3.89. The highest BCUT2D eigenvalue weighted by atomic mass is 127. The van der Waals surface area contributed by atoms with E-state index in [2.05, 4.69) is 21.7 Å². The van der Waals surface area contributed by atoms with Crippen LogP contribution in [0.1, 0.15) is 34.0 Å². The molecule has 0 aliphatic heterocycles. The average Bonchev–Trinajstić information content (AvgIpc) is 2.70. The number of carbonyl (C=O) groups excluding carboxylic acids is 1. The molecule has 0 aliphatic carbocycles. The number of nitrogens with zero attached hydrogens (tertiary/aromatic N) is 3. The van der Waals surface area contributed by atoms with Crippen molar-refractivity contribution in [3.63, 3.8) is 0 Å². The predicted octanol–water partition coefficient (Wildman–Crippen LogP) is 3.13. The second kappa shape index (κ2) is 12.0. The Kier molecular flexibility index (Phi) is 10.0. The van der Waals surface area contributed by atoms with Gasteiger partial charge in [-0.25, -0.2) is 4.99 Å². The number of benzene rings is 2. The molecule has 0 aromatic heterocycles. The van der Waals surface area contributed by atoms with Crippen molar-refractivity contribution >= 4 is 35.8 Å². The minimum absolute atomic E-state index is 0. The van der Waals surface area contributed by atoms with Crippen LogP contribution >= 0.6 is 24.0 Å². The van der Waals surface area contributed by atoms with Crippen LogP contribution in [0.2, 0.25) is 0 Å². The normalized spacial score (nSPS) is 10.4. The first-order valence-corrected chi connectivity index (χ1v) is 8.85. The number of aliphatic imine (C=N–C) groups is 1. The lowest BCUT2D eigenvalue weighted by Gasteiger charge is -2.13. The van der Waals surface area contributed by atoms with E-state index in [1.807, 2.05) is 49.4 Å². The summed E-state index contributed by atoms with van der Waals surface area (Å²) in [6, 6.07) is 17.1. The largest absolute Gasteiger partial charge is 0.357 e. The van der Waals surface area contributed by atoms with E-state index in [-0.39, 0.29) is 29.9 Å². The number of rotatable bonds is 6. The van der Waals surface area contributed by atoms with Crippen LogP contribution in [0.5, 0.6) is 0 Å². The third kappa shape index (κ3) is 7.19. The first kappa shape index (κ1) is 23.4. The fraction of sp³-hybridized carbons (Fsp3) is 0.286. The van der Waals surface area contributed by atoms with E-state index in [0.29, 0.717) is 30.2 Å². The zero-order chi connectivity index (χ0) is 19.6. The number of nitrogens with one attached hydrogen (secondary N) is 2. The van der Waals surface area contributed by atoms with Gasteiger partial charge in [0.1, 0.15) is 0 Å². The Balaban J connectivity index is 0.00000392. The maximum Gasteiger partial charge on any atom is 0.253 e. The Morgan fingerprint density at radius 3 is 2.43 bits per heavy atom. The van der Waals surface area contributed by atoms with Crippen LogP contribution in [0.4, 0.5) is 0 Å². The SMILES string of the molecule is CCNC(=NCc1cccc(C#N)c1)NCc1ccc(C(=O)N(C)C)cc1.I. The summed E-state index contributed by atoms with van der Waals surface area (Å²) < 4.78 is 0. The van der Waals surface area contributed by atoms with E-state index in [4.69, 9.17) is 5.26 Å². The van der Waals surface area contributed by atoms with Gasteiger partial charge in [-0.3, -0.25) is 4.79 Å². The molecule has 0 fully saturated rings. The van der Waals surface area contributed by atoms with Crippen molar-refractivity contribution in [2.45, 2.75) is 20.0 Å². The maximum absolute atomic E-state index is 11.9. The molecular formula is C21H26IN5O. The van der Waals surface area contributed by atoms with Crippen LogP contribution in [0.3, 0.4) is 0 Å². The highest BCUT2D eigenvalue weighted by Gasteiger charge is 2.07. The summed E-state index contributed by atoms with van der Waals surface area (Å²) in [5.74, 6) is 0.692. The van der Waals surface area contributed by atoms with E-state index >= 15 is 0 Å². The Morgan fingerprint density at radius 1 is 1.11 bits per heavy atom. The molecule has 2 N–H and O–H groups in total. The number of halogens is 1. The smallest absolute Gasteiger partial charge is 0.253 e. The van der Waals surface area contributed by atoms with E-state index < -0.39 is 0 Å². The van der Waals surface area contributed by atoms with Crippen molar-refractivity contribution in [1.29, 1.82) is 5.26 Å². The highest BCUT2D eigenvalue weighted by Crippen LogP contribution is 2.07. The van der Waals surface area contributed by atoms with Crippen molar-refractivity contribution in [3.05, 3.63) is 70.8 Å². The molecule has 0 heterocycles. The van der Waals surface area contributed by atoms with Gasteiger partial charge in [-0.1, -0.05) is 24.3 Å². The highest BCUT2D eigenvalue weighted by molar-refractivity contribution is 14.0. The average molecular weight is 491 g/mol. The van der Waals surface area contributed by atoms with Gasteiger partial charge in [0, 0.05) is 32.7 Å². The van der Waals surface area contributed by atoms with Gasteiger partial charge in [-0.2, -0.15) is 5.26 Å². The molecule has 2 aromatic rings. The lowest BCUT2D eigenvalue weighted by atomic mass is 10.1. The van der Waals surface area contributed by atoms with Crippen molar-refractivity contribution in [3.8, 4) is 6.07 Å². The third-order valence-electron chi connectivity index (χ3n) is 3.89. The number of guanidine groups is 1. The summed E-state index contributed by atoms with van der Waals surface area (Å²) in [6.45, 7) is 3.84. The Morgan fingerprint density at radius 2 is 1.82 bits per heavy atom. The first-order chi connectivity index (χ1) is 13.0. The van der Waals surface area contributed by atoms with Crippen LogP contribution in [-0.2, 0) is 13.1 Å². The lowest BCUT2D eigenvalue weighted by molar-refractivity contribution is 0.0827. The fourth-order valence-electron chi connectivity index (χ4n) is 2.46. The minimum Gasteiger partial charge on any atom is -0.357 e. The van der Waals surface area contributed by atoms with Crippen LogP contribution in [0.15, 0.2) is 53.5 Å². The van der Waals surface area contributed by atoms with Gasteiger partial charge in [0.05, 0.1) is 18.2 Å². The summed E-state index contributed by atoms with van der Waals surface area (Å²) in [5, 5.41) is 15.5. The number of hydrogen-bond donors (Lipinski definition) is 2. The molecule has 0 unspecified atom stereocenters. The van der Waals surface area contributed by atoms with Crippen molar-refractivity contribution in [2.75, 3.05) is 20.6 Å². The summed E-state index contributed by atoms with van der Waals surface area (Å²) in [6.07, 6.45) is 0. The molecule has 0 saturated heterocycles. The first-order valence-electron chi connectivity index (χ1n) is 8.85. The molecule has 2 rings (SSSR count). The molecule has 0 bridgehead atoms. The summed E-state index contributed by atoms with van der Waals surface area (Å²) in [4.78, 5) is 18.1. The Hall–Kier alpha value is -2.60. The maximum atomic E-state index is 11.9. The molecule has 7 heteroatoms. The van der Waals surface area contributed by atoms with Gasteiger partial charge >= 0.3 is 0 Å². The molecule has 2 aromatic carbocycles. The molecule has 28 heavy (non-hydrogen) atoms. The van der Waals surface area contributed by atoms with Crippen LogP contribution in [0, 0.1) is 11.3 Å². The van der Waals surface area contributed by atoms with Gasteiger partial charge in [0.25, 0.3) is 5.91 Å². The van der Waals surface area contributed by atoms with E-state index in [0.717, 1.165) is 17.7 Å². The van der Waals surface area contributed by atoms with Crippen LogP contribution in [-0.4, -0.2) is 37.4 Å². The molecule has 0 saturated carbocycles. The second-order valence-electron chi connectivity index (χ2n) is 6.26. The zero-order valence-corrected chi connectivity index (χ0v) is 18.7. The Labute approximate surface area is 183 Å². The van der Waals surface area contributed by atoms with Gasteiger partial charge in [-0.05, 0) is 42.3 Å². The lowest BCUT2D eigenvalue weighted by Crippen LogP contribution is -2.36. The number of nitriles is 1. The topological polar surface area (TPSA) is 80.5 Å². The van der Waals surface area contributed by atoms with Gasteiger partial charge in [-0.15, -0.1) is 24.0 Å². The van der Waals surface area contributed by atoms with Crippen molar-refractivity contribution in [1.82, 2.24) is 15.5 Å². The predicted molar refractivity (Wildman–Crippen MR) is 123 cm³/mol. The molecule has 1 amide bonds. The zero-order valence-electron chi connectivity index (χ0n) is 16.4. The quantitative estimate of drug-likeness (QED) is 0.370.